The molecule has 7 heteroatoms. The van der Waals surface area contributed by atoms with E-state index in [4.69, 9.17) is 21.4 Å². The number of ether oxygens (including phenoxy) is 1. The van der Waals surface area contributed by atoms with Crippen LogP contribution in [0.15, 0.2) is 18.2 Å². The molecule has 1 fully saturated rings. The number of rotatable bonds is 2. The third kappa shape index (κ3) is 3.21. The molecule has 2 rings (SSSR count). The zero-order chi connectivity index (χ0) is 14.0. The number of carbonyl (C=O) groups is 2. The van der Waals surface area contributed by atoms with Gasteiger partial charge >= 0.3 is 6.09 Å². The van der Waals surface area contributed by atoms with Gasteiger partial charge in [-0.2, -0.15) is 0 Å². The number of carbonyl (C=O) groups excluding carboxylic acids is 1. The fraction of sp³-hybridized carbons (Fsp3) is 0.333. The molecule has 1 aromatic rings. The SMILES string of the molecule is O=C1CO[C@@H](c2ccc(Cl)cc2F)[C@@H](NC(=O)O)C1. The minimum Gasteiger partial charge on any atom is -0.465 e. The van der Waals surface area contributed by atoms with Crippen LogP contribution in [-0.4, -0.2) is 29.6 Å². The van der Waals surface area contributed by atoms with Crippen LogP contribution in [-0.2, 0) is 9.53 Å². The highest BCUT2D eigenvalue weighted by Crippen LogP contribution is 2.30. The maximum Gasteiger partial charge on any atom is 0.404 e. The Morgan fingerprint density at radius 2 is 2.26 bits per heavy atom. The average molecular weight is 288 g/mol. The highest BCUT2D eigenvalue weighted by Gasteiger charge is 2.34. The van der Waals surface area contributed by atoms with Crippen molar-refractivity contribution >= 4 is 23.5 Å². The summed E-state index contributed by atoms with van der Waals surface area (Å²) >= 11 is 5.66. The van der Waals surface area contributed by atoms with Gasteiger partial charge < -0.3 is 15.2 Å². The smallest absolute Gasteiger partial charge is 0.404 e. The zero-order valence-corrected chi connectivity index (χ0v) is 10.5. The standard InChI is InChI=1S/C12H11ClFNO4/c13-6-1-2-8(9(14)3-6)11-10(15-12(17)18)4-7(16)5-19-11/h1-3,10-11,15H,4-5H2,(H,17,18)/t10-,11-/m0/s1. The molecule has 1 aliphatic heterocycles. The number of Topliss-reactive ketones (excluding diaryl/α,β-unsaturated/α-hetero) is 1. The van der Waals surface area contributed by atoms with Crippen LogP contribution in [0.3, 0.4) is 0 Å². The Balaban J connectivity index is 2.28. The average Bonchev–Trinajstić information content (AvgIpc) is 2.30. The molecule has 0 aromatic heterocycles. The van der Waals surface area contributed by atoms with Crippen molar-refractivity contribution < 1.29 is 23.8 Å². The number of hydrogen-bond acceptors (Lipinski definition) is 3. The van der Waals surface area contributed by atoms with Gasteiger partial charge in [0.25, 0.3) is 0 Å². The van der Waals surface area contributed by atoms with Gasteiger partial charge in [0.05, 0.1) is 6.04 Å². The fourth-order valence-electron chi connectivity index (χ4n) is 2.03. The number of benzene rings is 1. The van der Waals surface area contributed by atoms with Crippen LogP contribution in [0.5, 0.6) is 0 Å². The predicted octanol–water partition coefficient (Wildman–Crippen LogP) is 2.15. The molecule has 0 aliphatic carbocycles. The Morgan fingerprint density at radius 1 is 1.53 bits per heavy atom. The molecule has 5 nitrogen and oxygen atoms in total. The number of carboxylic acid groups (broad SMARTS) is 1. The van der Waals surface area contributed by atoms with Crippen LogP contribution in [0.25, 0.3) is 0 Å². The lowest BCUT2D eigenvalue weighted by molar-refractivity contribution is -0.133. The second-order valence-electron chi connectivity index (χ2n) is 4.20. The third-order valence-electron chi connectivity index (χ3n) is 2.81. The Hall–Kier alpha value is -1.66. The second-order valence-corrected chi connectivity index (χ2v) is 4.63. The summed E-state index contributed by atoms with van der Waals surface area (Å²) in [6.07, 6.45) is -2.16. The molecule has 0 saturated carbocycles. The number of nitrogens with one attached hydrogen (secondary N) is 1. The molecule has 1 heterocycles. The maximum atomic E-state index is 13.8. The van der Waals surface area contributed by atoms with Crippen LogP contribution in [0.1, 0.15) is 18.1 Å². The van der Waals surface area contributed by atoms with E-state index in [2.05, 4.69) is 5.32 Å². The Morgan fingerprint density at radius 3 is 2.89 bits per heavy atom. The highest BCUT2D eigenvalue weighted by atomic mass is 35.5. The molecule has 2 N–H and O–H groups in total. The van der Waals surface area contributed by atoms with E-state index in [0.717, 1.165) is 6.07 Å². The van der Waals surface area contributed by atoms with E-state index in [-0.39, 0.29) is 29.4 Å². The molecule has 2 atom stereocenters. The van der Waals surface area contributed by atoms with Crippen molar-refractivity contribution in [2.75, 3.05) is 6.61 Å². The van der Waals surface area contributed by atoms with Crippen LogP contribution < -0.4 is 5.32 Å². The summed E-state index contributed by atoms with van der Waals surface area (Å²) in [5.41, 5.74) is 0.177. The molecule has 0 bridgehead atoms. The van der Waals surface area contributed by atoms with Gasteiger partial charge in [-0.05, 0) is 12.1 Å². The molecule has 0 radical (unpaired) electrons. The summed E-state index contributed by atoms with van der Waals surface area (Å²) in [6, 6.07) is 3.22. The lowest BCUT2D eigenvalue weighted by Gasteiger charge is -2.31. The van der Waals surface area contributed by atoms with Gasteiger partial charge in [0.15, 0.2) is 5.78 Å². The molecule has 19 heavy (non-hydrogen) atoms. The molecule has 1 saturated heterocycles. The summed E-state index contributed by atoms with van der Waals surface area (Å²) in [5, 5.41) is 11.1. The number of ketones is 1. The Labute approximate surface area is 113 Å². The molecule has 1 aromatic carbocycles. The fourth-order valence-corrected chi connectivity index (χ4v) is 2.19. The summed E-state index contributed by atoms with van der Waals surface area (Å²) in [7, 11) is 0. The third-order valence-corrected chi connectivity index (χ3v) is 3.05. The van der Waals surface area contributed by atoms with Crippen LogP contribution in [0, 0.1) is 5.82 Å². The largest absolute Gasteiger partial charge is 0.465 e. The van der Waals surface area contributed by atoms with Crippen molar-refractivity contribution in [1.82, 2.24) is 5.32 Å². The van der Waals surface area contributed by atoms with E-state index in [9.17, 15) is 14.0 Å². The van der Waals surface area contributed by atoms with Crippen LogP contribution in [0.2, 0.25) is 5.02 Å². The first-order chi connectivity index (χ1) is 8.97. The Kier molecular flexibility index (Phi) is 4.01. The molecule has 0 spiro atoms. The van der Waals surface area contributed by atoms with E-state index in [0.29, 0.717) is 0 Å². The normalized spacial score (nSPS) is 23.2. The van der Waals surface area contributed by atoms with Crippen molar-refractivity contribution in [3.8, 4) is 0 Å². The molecular formula is C12H11ClFNO4. The van der Waals surface area contributed by atoms with Gasteiger partial charge in [-0.25, -0.2) is 9.18 Å². The minimum atomic E-state index is -1.29. The lowest BCUT2D eigenvalue weighted by atomic mass is 9.95. The van der Waals surface area contributed by atoms with E-state index in [1.54, 1.807) is 0 Å². The number of halogens is 2. The highest BCUT2D eigenvalue weighted by molar-refractivity contribution is 6.30. The second kappa shape index (κ2) is 5.54. The molecule has 1 amide bonds. The van der Waals surface area contributed by atoms with E-state index < -0.39 is 24.1 Å². The van der Waals surface area contributed by atoms with Crippen molar-refractivity contribution in [2.24, 2.45) is 0 Å². The first-order valence-electron chi connectivity index (χ1n) is 5.55. The van der Waals surface area contributed by atoms with Gasteiger partial charge in [-0.15, -0.1) is 0 Å². The van der Waals surface area contributed by atoms with Crippen molar-refractivity contribution in [3.05, 3.63) is 34.6 Å². The summed E-state index contributed by atoms with van der Waals surface area (Å²) in [4.78, 5) is 22.0. The maximum absolute atomic E-state index is 13.8. The van der Waals surface area contributed by atoms with Gasteiger partial charge in [-0.1, -0.05) is 17.7 Å². The molecule has 1 aliphatic rings. The van der Waals surface area contributed by atoms with Gasteiger partial charge in [0.1, 0.15) is 18.5 Å². The number of hydrogen-bond donors (Lipinski definition) is 2. The summed E-state index contributed by atoms with van der Waals surface area (Å²) < 4.78 is 19.1. The monoisotopic (exact) mass is 287 g/mol. The molecule has 0 unspecified atom stereocenters. The van der Waals surface area contributed by atoms with Crippen molar-refractivity contribution in [1.29, 1.82) is 0 Å². The predicted molar refractivity (Wildman–Crippen MR) is 64.7 cm³/mol. The summed E-state index contributed by atoms with van der Waals surface area (Å²) in [6.45, 7) is -0.162. The topological polar surface area (TPSA) is 75.6 Å². The van der Waals surface area contributed by atoms with E-state index in [1.165, 1.54) is 12.1 Å². The van der Waals surface area contributed by atoms with Gasteiger partial charge in [-0.3, -0.25) is 4.79 Å². The molecule has 102 valence electrons. The van der Waals surface area contributed by atoms with Crippen molar-refractivity contribution in [3.63, 3.8) is 0 Å². The first kappa shape index (κ1) is 13.8. The molecular weight excluding hydrogens is 277 g/mol. The lowest BCUT2D eigenvalue weighted by Crippen LogP contribution is -2.45. The number of amides is 1. The Bertz CT molecular complexity index is 520. The minimum absolute atomic E-state index is 0.0287. The van der Waals surface area contributed by atoms with Crippen LogP contribution >= 0.6 is 11.6 Å². The first-order valence-corrected chi connectivity index (χ1v) is 5.93. The van der Waals surface area contributed by atoms with Crippen molar-refractivity contribution in [2.45, 2.75) is 18.6 Å². The quantitative estimate of drug-likeness (QED) is 0.874. The van der Waals surface area contributed by atoms with Gasteiger partial charge in [0.2, 0.25) is 0 Å². The summed E-state index contributed by atoms with van der Waals surface area (Å²) in [5.74, 6) is -0.826. The zero-order valence-electron chi connectivity index (χ0n) is 9.73. The van der Waals surface area contributed by atoms with E-state index in [1.807, 2.05) is 0 Å². The van der Waals surface area contributed by atoms with E-state index >= 15 is 0 Å². The van der Waals surface area contributed by atoms with Crippen LogP contribution in [0.4, 0.5) is 9.18 Å². The van der Waals surface area contributed by atoms with Gasteiger partial charge in [0, 0.05) is 17.0 Å².